The largest absolute Gasteiger partial charge is 0.517 e. The van der Waals surface area contributed by atoms with Crippen LogP contribution in [0.1, 0.15) is 0 Å². The molecule has 0 aliphatic rings. The van der Waals surface area contributed by atoms with Crippen molar-refractivity contribution in [3.63, 3.8) is 0 Å². The number of halogens is 3. The summed E-state index contributed by atoms with van der Waals surface area (Å²) in [6.07, 6.45) is 0.567. The summed E-state index contributed by atoms with van der Waals surface area (Å²) in [5, 5.41) is 0.00986. The predicted molar refractivity (Wildman–Crippen MR) is 83.5 cm³/mol. The van der Waals surface area contributed by atoms with Gasteiger partial charge in [-0.1, -0.05) is 0 Å². The van der Waals surface area contributed by atoms with Gasteiger partial charge in [-0.05, 0) is 12.1 Å². The second kappa shape index (κ2) is 5.41. The molecule has 2 heterocycles. The Morgan fingerprint density at radius 1 is 1.08 bits per heavy atom. The molecule has 1 N–H and O–H groups in total. The van der Waals surface area contributed by atoms with Crippen molar-refractivity contribution in [2.75, 3.05) is 14.2 Å². The Hall–Kier alpha value is -2.69. The smallest absolute Gasteiger partial charge is 0.493 e. The van der Waals surface area contributed by atoms with Gasteiger partial charge in [0.25, 0.3) is 5.56 Å². The third-order valence-electron chi connectivity index (χ3n) is 3.67. The molecule has 11 heteroatoms. The van der Waals surface area contributed by atoms with Crippen LogP contribution in [-0.2, 0) is 10.0 Å². The molecule has 3 aromatic rings. The predicted octanol–water partition coefficient (Wildman–Crippen LogP) is 2.20. The standard InChI is InChI=1S/C14H11F3N2O5S/c1-23-10-5-7-9(6-11(10)24-2)18-8-3-4-19(13(20)12(7)8)25(21,22)14(15,16)17/h3-6,18H,1-2H3. The average molecular weight is 376 g/mol. The molecule has 0 bridgehead atoms. The first-order valence-corrected chi connectivity index (χ1v) is 8.16. The third-order valence-corrected chi connectivity index (χ3v) is 5.06. The fourth-order valence-corrected chi connectivity index (χ4v) is 3.27. The minimum atomic E-state index is -5.84. The number of H-pyrrole nitrogens is 1. The fraction of sp³-hybridized carbons (Fsp3) is 0.214. The van der Waals surface area contributed by atoms with Crippen molar-refractivity contribution in [2.45, 2.75) is 5.51 Å². The molecule has 1 aromatic carbocycles. The maximum atomic E-state index is 12.8. The molecule has 0 aliphatic carbocycles. The highest BCUT2D eigenvalue weighted by molar-refractivity contribution is 7.90. The summed E-state index contributed by atoms with van der Waals surface area (Å²) in [5.74, 6) is 0.578. The van der Waals surface area contributed by atoms with Gasteiger partial charge in [0.2, 0.25) is 0 Å². The SMILES string of the molecule is COc1cc2[nH]c3ccn(S(=O)(=O)C(F)(F)F)c(=O)c3c2cc1OC. The van der Waals surface area contributed by atoms with Crippen LogP contribution in [0.2, 0.25) is 0 Å². The van der Waals surface area contributed by atoms with Gasteiger partial charge in [-0.25, -0.2) is 3.97 Å². The average Bonchev–Trinajstić information content (AvgIpc) is 2.90. The van der Waals surface area contributed by atoms with Gasteiger partial charge in [0.1, 0.15) is 0 Å². The molecule has 0 saturated heterocycles. The molecule has 0 spiro atoms. The molecule has 25 heavy (non-hydrogen) atoms. The van der Waals surface area contributed by atoms with E-state index in [1.54, 1.807) is 0 Å². The Labute approximate surface area is 138 Å². The molecule has 0 aliphatic heterocycles. The first kappa shape index (κ1) is 17.1. The van der Waals surface area contributed by atoms with Gasteiger partial charge in [-0.15, -0.1) is 0 Å². The lowest BCUT2D eigenvalue weighted by atomic mass is 10.2. The maximum absolute atomic E-state index is 12.8. The van der Waals surface area contributed by atoms with E-state index in [1.807, 2.05) is 0 Å². The van der Waals surface area contributed by atoms with Crippen LogP contribution in [0.3, 0.4) is 0 Å². The van der Waals surface area contributed by atoms with E-state index in [0.717, 1.165) is 6.07 Å². The maximum Gasteiger partial charge on any atom is 0.517 e. The van der Waals surface area contributed by atoms with Gasteiger partial charge in [-0.3, -0.25) is 4.79 Å². The first-order chi connectivity index (χ1) is 11.6. The van der Waals surface area contributed by atoms with E-state index < -0.39 is 21.1 Å². The number of nitrogens with one attached hydrogen (secondary N) is 1. The highest BCUT2D eigenvalue weighted by Crippen LogP contribution is 2.35. The second-order valence-electron chi connectivity index (χ2n) is 5.03. The summed E-state index contributed by atoms with van der Waals surface area (Å²) in [5.41, 5.74) is -6.35. The van der Waals surface area contributed by atoms with Gasteiger partial charge in [0, 0.05) is 17.6 Å². The number of fused-ring (bicyclic) bond motifs is 3. The van der Waals surface area contributed by atoms with Crippen molar-refractivity contribution in [3.05, 3.63) is 34.7 Å². The summed E-state index contributed by atoms with van der Waals surface area (Å²) >= 11 is 0. The van der Waals surface area contributed by atoms with Crippen LogP contribution in [0.4, 0.5) is 13.2 Å². The molecule has 0 fully saturated rings. The number of pyridine rings is 1. The van der Waals surface area contributed by atoms with Gasteiger partial charge >= 0.3 is 15.5 Å². The van der Waals surface area contributed by atoms with Crippen LogP contribution < -0.4 is 15.0 Å². The van der Waals surface area contributed by atoms with Crippen molar-refractivity contribution in [1.82, 2.24) is 8.96 Å². The Bertz CT molecular complexity index is 1150. The van der Waals surface area contributed by atoms with E-state index in [9.17, 15) is 26.4 Å². The zero-order valence-electron chi connectivity index (χ0n) is 12.8. The number of hydrogen-bond donors (Lipinski definition) is 1. The fourth-order valence-electron chi connectivity index (χ4n) is 2.52. The summed E-state index contributed by atoms with van der Waals surface area (Å²) in [6.45, 7) is 0. The van der Waals surface area contributed by atoms with Crippen LogP contribution in [-0.4, -0.2) is 37.1 Å². The van der Waals surface area contributed by atoms with Gasteiger partial charge < -0.3 is 14.5 Å². The second-order valence-corrected chi connectivity index (χ2v) is 6.84. The van der Waals surface area contributed by atoms with Gasteiger partial charge in [-0.2, -0.15) is 21.6 Å². The monoisotopic (exact) mass is 376 g/mol. The lowest BCUT2D eigenvalue weighted by Crippen LogP contribution is -2.36. The lowest BCUT2D eigenvalue weighted by molar-refractivity contribution is -0.0447. The minimum absolute atomic E-state index is 0.184. The van der Waals surface area contributed by atoms with Crippen LogP contribution in [0.25, 0.3) is 21.8 Å². The highest BCUT2D eigenvalue weighted by atomic mass is 32.2. The minimum Gasteiger partial charge on any atom is -0.493 e. The number of aromatic amines is 1. The van der Waals surface area contributed by atoms with Crippen molar-refractivity contribution in [1.29, 1.82) is 0 Å². The summed E-state index contributed by atoms with van der Waals surface area (Å²) in [7, 11) is -3.09. The number of nitrogens with zero attached hydrogens (tertiary/aromatic N) is 1. The topological polar surface area (TPSA) is 90.4 Å². The first-order valence-electron chi connectivity index (χ1n) is 6.72. The van der Waals surface area contributed by atoms with Crippen LogP contribution in [0.15, 0.2) is 29.2 Å². The molecule has 0 amide bonds. The quantitative estimate of drug-likeness (QED) is 0.757. The van der Waals surface area contributed by atoms with E-state index in [2.05, 4.69) is 4.98 Å². The summed E-state index contributed by atoms with van der Waals surface area (Å²) < 4.78 is 71.4. The zero-order chi connectivity index (χ0) is 18.6. The Morgan fingerprint density at radius 3 is 2.24 bits per heavy atom. The van der Waals surface area contributed by atoms with Crippen LogP contribution >= 0.6 is 0 Å². The molecular formula is C14H11F3N2O5S. The lowest BCUT2D eigenvalue weighted by Gasteiger charge is -2.10. The van der Waals surface area contributed by atoms with E-state index in [4.69, 9.17) is 9.47 Å². The van der Waals surface area contributed by atoms with Crippen molar-refractivity contribution < 1.29 is 31.1 Å². The van der Waals surface area contributed by atoms with E-state index in [1.165, 1.54) is 26.4 Å². The van der Waals surface area contributed by atoms with Gasteiger partial charge in [0.05, 0.1) is 30.6 Å². The number of rotatable bonds is 3. The van der Waals surface area contributed by atoms with E-state index in [-0.39, 0.29) is 26.0 Å². The van der Waals surface area contributed by atoms with E-state index in [0.29, 0.717) is 17.5 Å². The van der Waals surface area contributed by atoms with Gasteiger partial charge in [0.15, 0.2) is 11.5 Å². The summed E-state index contributed by atoms with van der Waals surface area (Å²) in [6, 6.07) is 3.97. The Kier molecular flexibility index (Phi) is 3.71. The number of hydrogen-bond acceptors (Lipinski definition) is 5. The molecular weight excluding hydrogens is 365 g/mol. The molecule has 2 aromatic heterocycles. The molecule has 0 saturated carbocycles. The number of alkyl halides is 3. The number of methoxy groups -OCH3 is 2. The highest BCUT2D eigenvalue weighted by Gasteiger charge is 2.48. The molecule has 0 atom stereocenters. The number of aromatic nitrogens is 2. The van der Waals surface area contributed by atoms with Crippen LogP contribution in [0, 0.1) is 0 Å². The van der Waals surface area contributed by atoms with Crippen LogP contribution in [0.5, 0.6) is 11.5 Å². The third kappa shape index (κ3) is 2.42. The zero-order valence-corrected chi connectivity index (χ0v) is 13.7. The normalized spacial score (nSPS) is 12.7. The van der Waals surface area contributed by atoms with Crippen molar-refractivity contribution in [3.8, 4) is 11.5 Å². The van der Waals surface area contributed by atoms with E-state index >= 15 is 0 Å². The molecule has 7 nitrogen and oxygen atoms in total. The Morgan fingerprint density at radius 2 is 1.68 bits per heavy atom. The number of ether oxygens (including phenoxy) is 2. The number of benzene rings is 1. The molecule has 3 rings (SSSR count). The van der Waals surface area contributed by atoms with Crippen molar-refractivity contribution in [2.24, 2.45) is 0 Å². The van der Waals surface area contributed by atoms with Crippen molar-refractivity contribution >= 4 is 31.8 Å². The molecule has 0 radical (unpaired) electrons. The Balaban J connectivity index is 2.43. The molecule has 134 valence electrons. The molecule has 0 unspecified atom stereocenters. The summed E-state index contributed by atoms with van der Waals surface area (Å²) in [4.78, 5) is 15.3.